The Morgan fingerprint density at radius 1 is 1.32 bits per heavy atom. The van der Waals surface area contributed by atoms with Crippen LogP contribution in [0.1, 0.15) is 25.3 Å². The molecule has 0 bridgehead atoms. The van der Waals surface area contributed by atoms with E-state index in [4.69, 9.17) is 0 Å². The summed E-state index contributed by atoms with van der Waals surface area (Å²) in [6.07, 6.45) is 1.61. The predicted molar refractivity (Wildman–Crippen MR) is 77.2 cm³/mol. The first-order valence-electron chi connectivity index (χ1n) is 6.73. The number of hydrogen-bond acceptors (Lipinski definition) is 3. The summed E-state index contributed by atoms with van der Waals surface area (Å²) >= 11 is 0. The molecule has 4 heteroatoms. The van der Waals surface area contributed by atoms with Crippen molar-refractivity contribution >= 4 is 5.97 Å². The monoisotopic (exact) mass is 264 g/mol. The van der Waals surface area contributed by atoms with Crippen LogP contribution in [0.2, 0.25) is 0 Å². The molecule has 1 atom stereocenters. The summed E-state index contributed by atoms with van der Waals surface area (Å²) in [7, 11) is 3.73. The van der Waals surface area contributed by atoms with Crippen molar-refractivity contribution in [3.8, 4) is 0 Å². The van der Waals surface area contributed by atoms with Gasteiger partial charge >= 0.3 is 5.97 Å². The molecule has 1 aromatic carbocycles. The number of likely N-dealkylation sites (N-methyl/N-ethyl adjacent to an activating group) is 1. The minimum absolute atomic E-state index is 0.541. The number of nitrogens with zero attached hydrogens (tertiary/aromatic N) is 1. The van der Waals surface area contributed by atoms with Gasteiger partial charge in [-0.05, 0) is 39.0 Å². The van der Waals surface area contributed by atoms with Crippen LogP contribution in [0, 0.1) is 0 Å². The van der Waals surface area contributed by atoms with E-state index >= 15 is 0 Å². The molecule has 1 aromatic rings. The molecule has 0 aliphatic heterocycles. The minimum Gasteiger partial charge on any atom is -0.480 e. The van der Waals surface area contributed by atoms with E-state index in [1.165, 1.54) is 0 Å². The van der Waals surface area contributed by atoms with E-state index in [9.17, 15) is 9.90 Å². The van der Waals surface area contributed by atoms with E-state index in [0.29, 0.717) is 6.42 Å². The van der Waals surface area contributed by atoms with Gasteiger partial charge in [-0.25, -0.2) is 4.79 Å². The molecule has 106 valence electrons. The van der Waals surface area contributed by atoms with Crippen molar-refractivity contribution in [3.05, 3.63) is 35.9 Å². The van der Waals surface area contributed by atoms with Crippen LogP contribution in [0.15, 0.2) is 30.3 Å². The van der Waals surface area contributed by atoms with Gasteiger partial charge in [-0.3, -0.25) is 0 Å². The highest BCUT2D eigenvalue weighted by Gasteiger charge is 2.38. The Hall–Kier alpha value is -1.39. The molecule has 0 fully saturated rings. The lowest BCUT2D eigenvalue weighted by Gasteiger charge is -2.31. The van der Waals surface area contributed by atoms with Crippen molar-refractivity contribution in [2.24, 2.45) is 0 Å². The van der Waals surface area contributed by atoms with Crippen LogP contribution in [0.3, 0.4) is 0 Å². The van der Waals surface area contributed by atoms with Gasteiger partial charge in [0, 0.05) is 6.54 Å². The molecule has 0 amide bonds. The van der Waals surface area contributed by atoms with Gasteiger partial charge in [0.05, 0.1) is 0 Å². The summed E-state index contributed by atoms with van der Waals surface area (Å²) in [5.74, 6) is -0.828. The first-order chi connectivity index (χ1) is 9.06. The smallest absolute Gasteiger partial charge is 0.328 e. The molecule has 2 N–H and O–H groups in total. The molecule has 0 aliphatic carbocycles. The number of carboxylic acid groups (broad SMARTS) is 1. The molecule has 0 spiro atoms. The normalized spacial score (nSPS) is 14.3. The first kappa shape index (κ1) is 15.7. The van der Waals surface area contributed by atoms with Crippen molar-refractivity contribution in [1.82, 2.24) is 10.2 Å². The van der Waals surface area contributed by atoms with Crippen LogP contribution in [0.4, 0.5) is 0 Å². The zero-order chi connectivity index (χ0) is 14.3. The summed E-state index contributed by atoms with van der Waals surface area (Å²) in [5, 5.41) is 12.6. The van der Waals surface area contributed by atoms with Gasteiger partial charge in [0.1, 0.15) is 5.54 Å². The third-order valence-corrected chi connectivity index (χ3v) is 3.53. The molecular weight excluding hydrogens is 240 g/mol. The number of nitrogens with one attached hydrogen (secondary N) is 1. The second kappa shape index (κ2) is 7.26. The SMILES string of the molecule is CCCN(C)CCC(NC)(C(=O)O)c1ccccc1. The zero-order valence-corrected chi connectivity index (χ0v) is 12.0. The number of aliphatic carboxylic acids is 1. The summed E-state index contributed by atoms with van der Waals surface area (Å²) in [4.78, 5) is 13.9. The maximum absolute atomic E-state index is 11.7. The molecule has 1 rings (SSSR count). The van der Waals surface area contributed by atoms with Crippen molar-refractivity contribution in [3.63, 3.8) is 0 Å². The van der Waals surface area contributed by atoms with Gasteiger partial charge in [-0.1, -0.05) is 37.3 Å². The van der Waals surface area contributed by atoms with Crippen LogP contribution in [0.25, 0.3) is 0 Å². The van der Waals surface area contributed by atoms with Gasteiger partial charge in [0.15, 0.2) is 0 Å². The highest BCUT2D eigenvalue weighted by Crippen LogP contribution is 2.25. The quantitative estimate of drug-likeness (QED) is 0.753. The molecule has 4 nitrogen and oxygen atoms in total. The highest BCUT2D eigenvalue weighted by molar-refractivity contribution is 5.80. The van der Waals surface area contributed by atoms with Gasteiger partial charge in [-0.15, -0.1) is 0 Å². The van der Waals surface area contributed by atoms with Gasteiger partial charge in [0.2, 0.25) is 0 Å². The molecule has 1 unspecified atom stereocenters. The van der Waals surface area contributed by atoms with Crippen LogP contribution in [-0.4, -0.2) is 43.2 Å². The van der Waals surface area contributed by atoms with Crippen LogP contribution in [-0.2, 0) is 10.3 Å². The van der Waals surface area contributed by atoms with Crippen LogP contribution >= 0.6 is 0 Å². The van der Waals surface area contributed by atoms with E-state index in [1.807, 2.05) is 37.4 Å². The van der Waals surface area contributed by atoms with E-state index in [1.54, 1.807) is 7.05 Å². The van der Waals surface area contributed by atoms with Gasteiger partial charge < -0.3 is 15.3 Å². The van der Waals surface area contributed by atoms with E-state index in [2.05, 4.69) is 17.1 Å². The Bertz CT molecular complexity index is 394. The fourth-order valence-corrected chi connectivity index (χ4v) is 2.33. The van der Waals surface area contributed by atoms with Crippen molar-refractivity contribution in [2.45, 2.75) is 25.3 Å². The number of rotatable bonds is 8. The first-order valence-corrected chi connectivity index (χ1v) is 6.73. The molecule has 19 heavy (non-hydrogen) atoms. The topological polar surface area (TPSA) is 52.6 Å². The number of carboxylic acids is 1. The van der Waals surface area contributed by atoms with E-state index in [0.717, 1.165) is 25.1 Å². The highest BCUT2D eigenvalue weighted by atomic mass is 16.4. The third kappa shape index (κ3) is 3.78. The molecule has 0 aromatic heterocycles. The average molecular weight is 264 g/mol. The Balaban J connectivity index is 2.91. The third-order valence-electron chi connectivity index (χ3n) is 3.53. The van der Waals surface area contributed by atoms with Crippen molar-refractivity contribution in [2.75, 3.05) is 27.2 Å². The summed E-state index contributed by atoms with van der Waals surface area (Å²) in [5.41, 5.74) is -0.210. The standard InChI is InChI=1S/C15H24N2O2/c1-4-11-17(3)12-10-15(16-2,14(18)19)13-8-6-5-7-9-13/h5-9,16H,4,10-12H2,1-3H3,(H,18,19). The lowest BCUT2D eigenvalue weighted by molar-refractivity contribution is -0.145. The molecule has 0 heterocycles. The second-order valence-corrected chi connectivity index (χ2v) is 4.88. The number of benzene rings is 1. The number of hydrogen-bond donors (Lipinski definition) is 2. The van der Waals surface area contributed by atoms with Gasteiger partial charge in [-0.2, -0.15) is 0 Å². The Labute approximate surface area is 115 Å². The Morgan fingerprint density at radius 3 is 2.42 bits per heavy atom. The molecule has 0 saturated carbocycles. The lowest BCUT2D eigenvalue weighted by atomic mass is 9.86. The fraction of sp³-hybridized carbons (Fsp3) is 0.533. The van der Waals surface area contributed by atoms with Gasteiger partial charge in [0.25, 0.3) is 0 Å². The summed E-state index contributed by atoms with van der Waals surface area (Å²) < 4.78 is 0. The van der Waals surface area contributed by atoms with E-state index < -0.39 is 11.5 Å². The van der Waals surface area contributed by atoms with Crippen LogP contribution < -0.4 is 5.32 Å². The van der Waals surface area contributed by atoms with Crippen molar-refractivity contribution < 1.29 is 9.90 Å². The molecule has 0 radical (unpaired) electrons. The molecular formula is C15H24N2O2. The molecule has 0 aliphatic rings. The zero-order valence-electron chi connectivity index (χ0n) is 12.0. The summed E-state index contributed by atoms with van der Waals surface area (Å²) in [6, 6.07) is 9.38. The Morgan fingerprint density at radius 2 is 1.95 bits per heavy atom. The maximum atomic E-state index is 11.7. The second-order valence-electron chi connectivity index (χ2n) is 4.88. The maximum Gasteiger partial charge on any atom is 0.328 e. The minimum atomic E-state index is -1.01. The molecule has 0 saturated heterocycles. The fourth-order valence-electron chi connectivity index (χ4n) is 2.33. The largest absolute Gasteiger partial charge is 0.480 e. The van der Waals surface area contributed by atoms with E-state index in [-0.39, 0.29) is 0 Å². The Kier molecular flexibility index (Phi) is 5.99. The lowest BCUT2D eigenvalue weighted by Crippen LogP contribution is -2.49. The number of carbonyl (C=O) groups is 1. The summed E-state index contributed by atoms with van der Waals surface area (Å²) in [6.45, 7) is 3.85. The predicted octanol–water partition coefficient (Wildman–Crippen LogP) is 1.92. The van der Waals surface area contributed by atoms with Crippen molar-refractivity contribution in [1.29, 1.82) is 0 Å². The average Bonchev–Trinajstić information content (AvgIpc) is 2.41. The van der Waals surface area contributed by atoms with Crippen LogP contribution in [0.5, 0.6) is 0 Å².